The van der Waals surface area contributed by atoms with E-state index in [4.69, 9.17) is 0 Å². The number of benzene rings is 1. The summed E-state index contributed by atoms with van der Waals surface area (Å²) >= 11 is 0. The minimum absolute atomic E-state index is 0. The lowest BCUT2D eigenvalue weighted by atomic mass is 10.2. The third-order valence-corrected chi connectivity index (χ3v) is 3.23. The second-order valence-corrected chi connectivity index (χ2v) is 4.45. The van der Waals surface area contributed by atoms with E-state index in [0.717, 1.165) is 11.2 Å². The van der Waals surface area contributed by atoms with Gasteiger partial charge >= 0.3 is 5.65 Å². The van der Waals surface area contributed by atoms with Crippen LogP contribution in [-0.4, -0.2) is 9.36 Å². The van der Waals surface area contributed by atoms with Gasteiger partial charge in [-0.25, -0.2) is 9.37 Å². The van der Waals surface area contributed by atoms with Gasteiger partial charge in [0.2, 0.25) is 0 Å². The van der Waals surface area contributed by atoms with Crippen LogP contribution in [-0.2, 0) is 13.6 Å². The van der Waals surface area contributed by atoms with Crippen LogP contribution in [0.5, 0.6) is 0 Å². The van der Waals surface area contributed by atoms with Gasteiger partial charge in [0, 0.05) is 0 Å². The monoisotopic (exact) mass is 293 g/mol. The van der Waals surface area contributed by atoms with E-state index in [0.29, 0.717) is 11.9 Å². The predicted molar refractivity (Wildman–Crippen MR) is 69.2 cm³/mol. The SMILES string of the molecule is Cn1c2[nH+]cccc2c(=O)n1Cc1ccc(F)cc1.[Cl-]. The Morgan fingerprint density at radius 2 is 1.90 bits per heavy atom. The maximum absolute atomic E-state index is 12.9. The molecule has 0 aliphatic rings. The molecule has 0 atom stereocenters. The minimum atomic E-state index is -0.276. The average Bonchev–Trinajstić information content (AvgIpc) is 2.67. The van der Waals surface area contributed by atoms with Crippen molar-refractivity contribution < 1.29 is 21.8 Å². The standard InChI is InChI=1S/C14H12FN3O.ClH/c1-17-13-12(3-2-8-16-13)14(19)18(17)9-10-4-6-11(15)7-5-10;/h2-8H,9H2,1H3;1H. The van der Waals surface area contributed by atoms with Gasteiger partial charge < -0.3 is 12.4 Å². The molecule has 104 valence electrons. The van der Waals surface area contributed by atoms with Gasteiger partial charge in [0.15, 0.2) is 0 Å². The summed E-state index contributed by atoms with van der Waals surface area (Å²) in [4.78, 5) is 15.3. The van der Waals surface area contributed by atoms with Crippen LogP contribution in [0, 0.1) is 5.82 Å². The first kappa shape index (κ1) is 14.3. The molecule has 0 saturated carbocycles. The first-order valence-corrected chi connectivity index (χ1v) is 5.97. The highest BCUT2D eigenvalue weighted by Crippen LogP contribution is 2.07. The fourth-order valence-corrected chi connectivity index (χ4v) is 2.20. The number of aryl methyl sites for hydroxylation is 1. The van der Waals surface area contributed by atoms with E-state index in [9.17, 15) is 9.18 Å². The van der Waals surface area contributed by atoms with Gasteiger partial charge in [-0.15, -0.1) is 0 Å². The van der Waals surface area contributed by atoms with Gasteiger partial charge in [-0.05, 0) is 29.8 Å². The second-order valence-electron chi connectivity index (χ2n) is 4.45. The lowest BCUT2D eigenvalue weighted by Crippen LogP contribution is -3.00. The number of rotatable bonds is 2. The first-order chi connectivity index (χ1) is 9.16. The molecule has 6 heteroatoms. The Balaban J connectivity index is 0.00000147. The largest absolute Gasteiger partial charge is 1.00 e. The zero-order chi connectivity index (χ0) is 13.4. The Hall–Kier alpha value is -2.14. The quantitative estimate of drug-likeness (QED) is 0.558. The molecule has 0 spiro atoms. The Kier molecular flexibility index (Phi) is 3.90. The second kappa shape index (κ2) is 5.46. The average molecular weight is 294 g/mol. The van der Waals surface area contributed by atoms with Crippen molar-refractivity contribution in [3.8, 4) is 0 Å². The van der Waals surface area contributed by atoms with Crippen LogP contribution in [0.2, 0.25) is 0 Å². The first-order valence-electron chi connectivity index (χ1n) is 5.97. The molecule has 0 saturated heterocycles. The Morgan fingerprint density at radius 3 is 2.55 bits per heavy atom. The number of aromatic amines is 1. The van der Waals surface area contributed by atoms with Crippen LogP contribution in [0.3, 0.4) is 0 Å². The molecule has 2 heterocycles. The summed E-state index contributed by atoms with van der Waals surface area (Å²) < 4.78 is 16.3. The van der Waals surface area contributed by atoms with Gasteiger partial charge in [-0.2, -0.15) is 9.36 Å². The molecule has 0 radical (unpaired) electrons. The summed E-state index contributed by atoms with van der Waals surface area (Å²) in [6.07, 6.45) is 1.78. The molecule has 0 aliphatic carbocycles. The summed E-state index contributed by atoms with van der Waals surface area (Å²) in [6, 6.07) is 9.75. The van der Waals surface area contributed by atoms with E-state index in [1.165, 1.54) is 12.1 Å². The van der Waals surface area contributed by atoms with Crippen molar-refractivity contribution in [1.29, 1.82) is 0 Å². The highest BCUT2D eigenvalue weighted by Gasteiger charge is 2.17. The summed E-state index contributed by atoms with van der Waals surface area (Å²) in [5.41, 5.74) is 1.60. The summed E-state index contributed by atoms with van der Waals surface area (Å²) in [6.45, 7) is 0.415. The van der Waals surface area contributed by atoms with Crippen molar-refractivity contribution in [1.82, 2.24) is 9.36 Å². The molecular formula is C14H13ClFN3O. The number of hydrogen-bond acceptors (Lipinski definition) is 1. The van der Waals surface area contributed by atoms with Gasteiger partial charge in [0.25, 0.3) is 5.56 Å². The fourth-order valence-electron chi connectivity index (χ4n) is 2.20. The van der Waals surface area contributed by atoms with Crippen LogP contribution in [0.25, 0.3) is 11.0 Å². The minimum Gasteiger partial charge on any atom is -1.00 e. The van der Waals surface area contributed by atoms with Gasteiger partial charge in [-0.3, -0.25) is 4.79 Å². The molecule has 4 nitrogen and oxygen atoms in total. The highest BCUT2D eigenvalue weighted by atomic mass is 35.5. The lowest BCUT2D eigenvalue weighted by Gasteiger charge is -2.02. The van der Waals surface area contributed by atoms with Crippen LogP contribution >= 0.6 is 0 Å². The summed E-state index contributed by atoms with van der Waals surface area (Å²) in [7, 11) is 1.82. The Bertz CT molecular complexity index is 792. The van der Waals surface area contributed by atoms with E-state index in [1.807, 2.05) is 7.05 Å². The zero-order valence-corrected chi connectivity index (χ0v) is 11.6. The predicted octanol–water partition coefficient (Wildman–Crippen LogP) is -1.65. The van der Waals surface area contributed by atoms with E-state index < -0.39 is 0 Å². The van der Waals surface area contributed by atoms with Crippen molar-refractivity contribution in [2.24, 2.45) is 7.05 Å². The summed E-state index contributed by atoms with van der Waals surface area (Å²) in [5.74, 6) is -0.276. The number of pyridine rings is 1. The number of H-pyrrole nitrogens is 1. The van der Waals surface area contributed by atoms with E-state index >= 15 is 0 Å². The van der Waals surface area contributed by atoms with Crippen molar-refractivity contribution in [2.45, 2.75) is 6.54 Å². The molecule has 2 aromatic heterocycles. The van der Waals surface area contributed by atoms with Gasteiger partial charge in [-0.1, -0.05) is 12.1 Å². The molecule has 0 aliphatic heterocycles. The number of nitrogens with one attached hydrogen (secondary N) is 1. The van der Waals surface area contributed by atoms with Gasteiger partial charge in [0.1, 0.15) is 18.3 Å². The van der Waals surface area contributed by atoms with E-state index in [2.05, 4.69) is 4.98 Å². The smallest absolute Gasteiger partial charge is 0.310 e. The normalized spacial score (nSPS) is 10.5. The van der Waals surface area contributed by atoms with Gasteiger partial charge in [0.05, 0.1) is 12.7 Å². The van der Waals surface area contributed by atoms with Crippen LogP contribution in [0.15, 0.2) is 47.4 Å². The zero-order valence-electron chi connectivity index (χ0n) is 10.8. The third-order valence-electron chi connectivity index (χ3n) is 3.23. The van der Waals surface area contributed by atoms with Crippen molar-refractivity contribution in [2.75, 3.05) is 0 Å². The number of halogens is 2. The number of nitrogens with zero attached hydrogens (tertiary/aromatic N) is 2. The molecule has 3 rings (SSSR count). The number of aromatic nitrogens is 3. The van der Waals surface area contributed by atoms with Crippen molar-refractivity contribution in [3.63, 3.8) is 0 Å². The van der Waals surface area contributed by atoms with Crippen LogP contribution in [0.1, 0.15) is 5.56 Å². The maximum Gasteiger partial charge on any atom is 0.310 e. The number of hydrogen-bond donors (Lipinski definition) is 0. The maximum atomic E-state index is 12.9. The van der Waals surface area contributed by atoms with Crippen molar-refractivity contribution >= 4 is 11.0 Å². The number of fused-ring (bicyclic) bond motifs is 1. The van der Waals surface area contributed by atoms with Crippen LogP contribution in [0.4, 0.5) is 4.39 Å². The molecule has 1 aromatic carbocycles. The molecule has 1 N–H and O–H groups in total. The highest BCUT2D eigenvalue weighted by molar-refractivity contribution is 5.70. The van der Waals surface area contributed by atoms with Crippen LogP contribution < -0.4 is 23.0 Å². The fraction of sp³-hybridized carbons (Fsp3) is 0.143. The summed E-state index contributed by atoms with van der Waals surface area (Å²) in [5, 5.41) is 0.645. The molecule has 0 bridgehead atoms. The van der Waals surface area contributed by atoms with Crippen molar-refractivity contribution in [3.05, 3.63) is 64.3 Å². The topological polar surface area (TPSA) is 41.1 Å². The molecule has 0 unspecified atom stereocenters. The molecule has 20 heavy (non-hydrogen) atoms. The van der Waals surface area contributed by atoms with E-state index in [1.54, 1.807) is 39.8 Å². The molecular weight excluding hydrogens is 281 g/mol. The lowest BCUT2D eigenvalue weighted by molar-refractivity contribution is -0.349. The Morgan fingerprint density at radius 1 is 1.20 bits per heavy atom. The van der Waals surface area contributed by atoms with E-state index in [-0.39, 0.29) is 23.8 Å². The molecule has 0 fully saturated rings. The molecule has 3 aromatic rings. The molecule has 0 amide bonds. The third kappa shape index (κ3) is 2.32. The Labute approximate surface area is 120 Å².